The zero-order valence-electron chi connectivity index (χ0n) is 6.72. The third-order valence-electron chi connectivity index (χ3n) is 1.49. The first-order valence-corrected chi connectivity index (χ1v) is 3.53. The molecule has 0 bridgehead atoms. The fourth-order valence-electron chi connectivity index (χ4n) is 0.616. The summed E-state index contributed by atoms with van der Waals surface area (Å²) >= 11 is 0. The van der Waals surface area contributed by atoms with Crippen molar-refractivity contribution in [2.45, 2.75) is 26.3 Å². The molecule has 3 N–H and O–H groups in total. The second-order valence-electron chi connectivity index (χ2n) is 2.73. The van der Waals surface area contributed by atoms with Gasteiger partial charge in [0.05, 0.1) is 0 Å². The molecule has 0 aromatic carbocycles. The maximum Gasteiger partial charge on any atom is 0.0394 e. The molecule has 2 nitrogen and oxygen atoms in total. The fourth-order valence-corrected chi connectivity index (χ4v) is 0.616. The first-order chi connectivity index (χ1) is 4.57. The third kappa shape index (κ3) is 3.41. The van der Waals surface area contributed by atoms with Crippen LogP contribution >= 0.6 is 0 Å². The molecule has 2 heteroatoms. The molecule has 58 valence electrons. The van der Waals surface area contributed by atoms with Crippen LogP contribution in [0.1, 0.15) is 20.3 Å². The van der Waals surface area contributed by atoms with Crippen molar-refractivity contribution in [1.82, 2.24) is 0 Å². The van der Waals surface area contributed by atoms with Gasteiger partial charge in [-0.1, -0.05) is 13.0 Å². The van der Waals surface area contributed by atoms with Crippen LogP contribution in [0, 0.1) is 11.3 Å². The second-order valence-corrected chi connectivity index (χ2v) is 2.73. The van der Waals surface area contributed by atoms with E-state index >= 15 is 0 Å². The van der Waals surface area contributed by atoms with Gasteiger partial charge in [0.2, 0.25) is 0 Å². The number of hydrogen-bond donors (Lipinski definition) is 2. The Morgan fingerprint density at radius 1 is 1.70 bits per heavy atom. The summed E-state index contributed by atoms with van der Waals surface area (Å²) in [5.41, 5.74) is 6.08. The molecule has 0 aliphatic heterocycles. The van der Waals surface area contributed by atoms with E-state index in [4.69, 9.17) is 11.1 Å². The lowest BCUT2D eigenvalue weighted by atomic mass is 10.0. The van der Waals surface area contributed by atoms with Crippen molar-refractivity contribution in [3.05, 3.63) is 12.7 Å². The van der Waals surface area contributed by atoms with Crippen LogP contribution in [0.25, 0.3) is 0 Å². The molecule has 0 aromatic rings. The zero-order valence-corrected chi connectivity index (χ0v) is 6.72. The SMILES string of the molecule is C=CC(C)CC(=N)C(C)N. The summed E-state index contributed by atoms with van der Waals surface area (Å²) in [5.74, 6) is 0.374. The highest BCUT2D eigenvalue weighted by atomic mass is 14.7. The predicted molar refractivity (Wildman–Crippen MR) is 45.4 cm³/mol. The maximum absolute atomic E-state index is 7.40. The molecule has 0 rings (SSSR count). The monoisotopic (exact) mass is 140 g/mol. The number of rotatable bonds is 4. The van der Waals surface area contributed by atoms with Crippen molar-refractivity contribution >= 4 is 5.71 Å². The van der Waals surface area contributed by atoms with Crippen molar-refractivity contribution in [3.63, 3.8) is 0 Å². The molecular weight excluding hydrogens is 124 g/mol. The van der Waals surface area contributed by atoms with E-state index in [2.05, 4.69) is 6.58 Å². The average Bonchev–Trinajstić information content (AvgIpc) is 1.87. The molecule has 0 radical (unpaired) electrons. The molecule has 0 aliphatic rings. The van der Waals surface area contributed by atoms with Gasteiger partial charge in [-0.05, 0) is 19.3 Å². The van der Waals surface area contributed by atoms with Crippen molar-refractivity contribution in [2.24, 2.45) is 11.7 Å². The highest BCUT2D eigenvalue weighted by Crippen LogP contribution is 2.04. The van der Waals surface area contributed by atoms with E-state index in [-0.39, 0.29) is 6.04 Å². The van der Waals surface area contributed by atoms with Gasteiger partial charge in [-0.3, -0.25) is 0 Å². The van der Waals surface area contributed by atoms with Crippen LogP contribution in [0.4, 0.5) is 0 Å². The minimum absolute atomic E-state index is 0.109. The molecule has 0 aliphatic carbocycles. The van der Waals surface area contributed by atoms with Crippen molar-refractivity contribution in [1.29, 1.82) is 5.41 Å². The lowest BCUT2D eigenvalue weighted by molar-refractivity contribution is 0.743. The van der Waals surface area contributed by atoms with Crippen LogP contribution < -0.4 is 5.73 Å². The van der Waals surface area contributed by atoms with Gasteiger partial charge in [0, 0.05) is 11.8 Å². The molecular formula is C8H16N2. The van der Waals surface area contributed by atoms with E-state index in [0.29, 0.717) is 11.6 Å². The fraction of sp³-hybridized carbons (Fsp3) is 0.625. The van der Waals surface area contributed by atoms with E-state index in [1.54, 1.807) is 0 Å². The molecule has 0 amide bonds. The first-order valence-electron chi connectivity index (χ1n) is 3.53. The van der Waals surface area contributed by atoms with Gasteiger partial charge < -0.3 is 11.1 Å². The van der Waals surface area contributed by atoms with Crippen molar-refractivity contribution < 1.29 is 0 Å². The number of nitrogens with one attached hydrogen (secondary N) is 1. The zero-order chi connectivity index (χ0) is 8.15. The van der Waals surface area contributed by atoms with Gasteiger partial charge in [0.15, 0.2) is 0 Å². The number of allylic oxidation sites excluding steroid dienone is 1. The summed E-state index contributed by atoms with van der Waals surface area (Å²) in [5, 5.41) is 7.40. The third-order valence-corrected chi connectivity index (χ3v) is 1.49. The Morgan fingerprint density at radius 2 is 2.20 bits per heavy atom. The van der Waals surface area contributed by atoms with E-state index in [1.807, 2.05) is 19.9 Å². The lowest BCUT2D eigenvalue weighted by Gasteiger charge is -2.09. The van der Waals surface area contributed by atoms with E-state index in [9.17, 15) is 0 Å². The van der Waals surface area contributed by atoms with Crippen LogP contribution in [-0.4, -0.2) is 11.8 Å². The van der Waals surface area contributed by atoms with Crippen LogP contribution in [0.3, 0.4) is 0 Å². The molecule has 0 saturated heterocycles. The Bertz CT molecular complexity index is 127. The molecule has 0 saturated carbocycles. The van der Waals surface area contributed by atoms with Crippen molar-refractivity contribution in [3.8, 4) is 0 Å². The van der Waals surface area contributed by atoms with E-state index in [0.717, 1.165) is 6.42 Å². The van der Waals surface area contributed by atoms with Gasteiger partial charge >= 0.3 is 0 Å². The summed E-state index contributed by atoms with van der Waals surface area (Å²) in [6.45, 7) is 7.50. The van der Waals surface area contributed by atoms with Crippen LogP contribution in [0.5, 0.6) is 0 Å². The molecule has 2 unspecified atom stereocenters. The Hall–Kier alpha value is -0.630. The van der Waals surface area contributed by atoms with Gasteiger partial charge in [-0.25, -0.2) is 0 Å². The minimum Gasteiger partial charge on any atom is -0.323 e. The van der Waals surface area contributed by atoms with E-state index in [1.165, 1.54) is 0 Å². The largest absolute Gasteiger partial charge is 0.323 e. The Balaban J connectivity index is 3.68. The summed E-state index contributed by atoms with van der Waals surface area (Å²) in [6.07, 6.45) is 2.58. The lowest BCUT2D eigenvalue weighted by Crippen LogP contribution is -2.26. The van der Waals surface area contributed by atoms with Crippen LogP contribution in [0.15, 0.2) is 12.7 Å². The standard InChI is InChI=1S/C8H16N2/c1-4-6(2)5-8(10)7(3)9/h4,6-7,10H,1,5,9H2,2-3H3. The summed E-state index contributed by atoms with van der Waals surface area (Å²) in [4.78, 5) is 0. The average molecular weight is 140 g/mol. The van der Waals surface area contributed by atoms with Crippen LogP contribution in [0.2, 0.25) is 0 Å². The molecule has 0 fully saturated rings. The first kappa shape index (κ1) is 9.37. The smallest absolute Gasteiger partial charge is 0.0394 e. The summed E-state index contributed by atoms with van der Waals surface area (Å²) in [6, 6.07) is -0.109. The molecule has 10 heavy (non-hydrogen) atoms. The maximum atomic E-state index is 7.40. The summed E-state index contributed by atoms with van der Waals surface area (Å²) in [7, 11) is 0. The molecule has 0 spiro atoms. The summed E-state index contributed by atoms with van der Waals surface area (Å²) < 4.78 is 0. The van der Waals surface area contributed by atoms with E-state index < -0.39 is 0 Å². The molecule has 0 heterocycles. The number of nitrogens with two attached hydrogens (primary N) is 1. The highest BCUT2D eigenvalue weighted by molar-refractivity contribution is 5.86. The minimum atomic E-state index is -0.109. The number of hydrogen-bond acceptors (Lipinski definition) is 2. The van der Waals surface area contributed by atoms with Crippen LogP contribution in [-0.2, 0) is 0 Å². The van der Waals surface area contributed by atoms with Gasteiger partial charge in [0.25, 0.3) is 0 Å². The van der Waals surface area contributed by atoms with Gasteiger partial charge in [-0.2, -0.15) is 0 Å². The normalized spacial score (nSPS) is 15.9. The highest BCUT2D eigenvalue weighted by Gasteiger charge is 2.05. The quantitative estimate of drug-likeness (QED) is 0.452. The Labute approximate surface area is 62.6 Å². The van der Waals surface area contributed by atoms with Gasteiger partial charge in [0.1, 0.15) is 0 Å². The topological polar surface area (TPSA) is 49.9 Å². The molecule has 0 aromatic heterocycles. The Kier molecular flexibility index (Phi) is 3.96. The Morgan fingerprint density at radius 3 is 2.50 bits per heavy atom. The van der Waals surface area contributed by atoms with Crippen molar-refractivity contribution in [2.75, 3.05) is 0 Å². The second kappa shape index (κ2) is 4.23. The molecule has 2 atom stereocenters. The predicted octanol–water partition coefficient (Wildman–Crippen LogP) is 1.57. The van der Waals surface area contributed by atoms with Gasteiger partial charge in [-0.15, -0.1) is 6.58 Å².